The van der Waals surface area contributed by atoms with Crippen LogP contribution in [0.25, 0.3) is 0 Å². The fraction of sp³-hybridized carbons (Fsp3) is 0. The van der Waals surface area contributed by atoms with E-state index in [2.05, 4.69) is 9.97 Å². The minimum Gasteiger partial charge on any atom is -0.478 e. The van der Waals surface area contributed by atoms with Crippen molar-refractivity contribution in [1.29, 1.82) is 0 Å². The molecule has 96 valence electrons. The molecule has 0 radical (unpaired) electrons. The number of hydrogen-bond donors (Lipinski definition) is 1. The van der Waals surface area contributed by atoms with Gasteiger partial charge in [-0.25, -0.2) is 14.8 Å². The molecule has 0 aliphatic carbocycles. The number of nitrogens with zero attached hydrogens (tertiary/aromatic N) is 3. The molecule has 1 heterocycles. The highest BCUT2D eigenvalue weighted by atomic mass is 32.2. The number of hydrogen-bond acceptors (Lipinski definition) is 6. The third-order valence-electron chi connectivity index (χ3n) is 2.15. The first kappa shape index (κ1) is 13.0. The number of aromatic carboxylic acids is 1. The molecule has 1 aromatic carbocycles. The normalized spacial score (nSPS) is 10.1. The second-order valence-corrected chi connectivity index (χ2v) is 4.39. The van der Waals surface area contributed by atoms with Crippen molar-refractivity contribution in [2.75, 3.05) is 0 Å². The van der Waals surface area contributed by atoms with Gasteiger partial charge in [-0.1, -0.05) is 0 Å². The van der Waals surface area contributed by atoms with Crippen molar-refractivity contribution >= 4 is 23.4 Å². The highest BCUT2D eigenvalue weighted by molar-refractivity contribution is 7.99. The molecule has 19 heavy (non-hydrogen) atoms. The van der Waals surface area contributed by atoms with Crippen LogP contribution in [0.4, 0.5) is 5.69 Å². The predicted octanol–water partition coefficient (Wildman–Crippen LogP) is 2.23. The number of aromatic nitrogens is 2. The zero-order valence-corrected chi connectivity index (χ0v) is 10.2. The monoisotopic (exact) mass is 277 g/mol. The van der Waals surface area contributed by atoms with Gasteiger partial charge in [0.2, 0.25) is 0 Å². The summed E-state index contributed by atoms with van der Waals surface area (Å²) in [6.07, 6.45) is 3.00. The Morgan fingerprint density at radius 3 is 2.58 bits per heavy atom. The van der Waals surface area contributed by atoms with Crippen LogP contribution in [0.15, 0.2) is 46.7 Å². The SMILES string of the molecule is O=C(O)c1ccc([N+](=O)[O-])c(Sc2ncccn2)c1. The highest BCUT2D eigenvalue weighted by Gasteiger charge is 2.18. The molecule has 8 heteroatoms. The second kappa shape index (κ2) is 5.44. The third kappa shape index (κ3) is 3.05. The molecule has 0 fully saturated rings. The quantitative estimate of drug-likeness (QED) is 0.518. The van der Waals surface area contributed by atoms with Gasteiger partial charge in [0.15, 0.2) is 5.16 Å². The Bertz CT molecular complexity index is 633. The van der Waals surface area contributed by atoms with Crippen LogP contribution >= 0.6 is 11.8 Å². The lowest BCUT2D eigenvalue weighted by Crippen LogP contribution is -1.99. The van der Waals surface area contributed by atoms with E-state index in [9.17, 15) is 14.9 Å². The minimum absolute atomic E-state index is 0.0240. The maximum atomic E-state index is 10.9. The average molecular weight is 277 g/mol. The Balaban J connectivity index is 2.43. The number of carboxylic acid groups (broad SMARTS) is 1. The Hall–Kier alpha value is -2.48. The van der Waals surface area contributed by atoms with E-state index in [4.69, 9.17) is 5.11 Å². The molecule has 0 atom stereocenters. The van der Waals surface area contributed by atoms with Gasteiger partial charge in [-0.15, -0.1) is 0 Å². The molecule has 2 rings (SSSR count). The molecule has 0 aliphatic heterocycles. The minimum atomic E-state index is -1.15. The van der Waals surface area contributed by atoms with Gasteiger partial charge in [0.05, 0.1) is 15.4 Å². The molecule has 1 aromatic heterocycles. The van der Waals surface area contributed by atoms with E-state index < -0.39 is 10.9 Å². The van der Waals surface area contributed by atoms with Gasteiger partial charge >= 0.3 is 5.97 Å². The van der Waals surface area contributed by atoms with Crippen LogP contribution in [0.1, 0.15) is 10.4 Å². The summed E-state index contributed by atoms with van der Waals surface area (Å²) >= 11 is 0.947. The van der Waals surface area contributed by atoms with E-state index in [1.165, 1.54) is 24.5 Å². The smallest absolute Gasteiger partial charge is 0.335 e. The molecule has 7 nitrogen and oxygen atoms in total. The Kier molecular flexibility index (Phi) is 3.71. The maximum Gasteiger partial charge on any atom is 0.335 e. The first-order valence-electron chi connectivity index (χ1n) is 5.04. The van der Waals surface area contributed by atoms with Crippen LogP contribution in [0.2, 0.25) is 0 Å². The molecular formula is C11H7N3O4S. The molecule has 0 aliphatic rings. The maximum absolute atomic E-state index is 10.9. The van der Waals surface area contributed by atoms with Crippen LogP contribution in [0.5, 0.6) is 0 Å². The first-order valence-corrected chi connectivity index (χ1v) is 5.86. The van der Waals surface area contributed by atoms with Crippen LogP contribution in [0.3, 0.4) is 0 Å². The van der Waals surface area contributed by atoms with Gasteiger partial charge < -0.3 is 5.11 Å². The lowest BCUT2D eigenvalue weighted by molar-refractivity contribution is -0.387. The summed E-state index contributed by atoms with van der Waals surface area (Å²) in [6, 6.07) is 5.21. The number of benzene rings is 1. The summed E-state index contributed by atoms with van der Waals surface area (Å²) in [5.41, 5.74) is -0.202. The first-order chi connectivity index (χ1) is 9.08. The standard InChI is InChI=1S/C11H7N3O4S/c15-10(16)7-2-3-8(14(17)18)9(6-7)19-11-12-4-1-5-13-11/h1-6H,(H,15,16). The van der Waals surface area contributed by atoms with Crippen molar-refractivity contribution in [3.8, 4) is 0 Å². The number of carboxylic acids is 1. The summed E-state index contributed by atoms with van der Waals surface area (Å²) in [7, 11) is 0. The Labute approximate surface area is 111 Å². The molecule has 0 spiro atoms. The summed E-state index contributed by atoms with van der Waals surface area (Å²) in [5.74, 6) is -1.15. The Morgan fingerprint density at radius 1 is 1.32 bits per heavy atom. The van der Waals surface area contributed by atoms with Crippen LogP contribution in [-0.4, -0.2) is 26.0 Å². The molecule has 1 N–H and O–H groups in total. The van der Waals surface area contributed by atoms with Crippen molar-refractivity contribution in [2.45, 2.75) is 10.1 Å². The van der Waals surface area contributed by atoms with Gasteiger partial charge in [-0.2, -0.15) is 0 Å². The summed E-state index contributed by atoms with van der Waals surface area (Å²) < 4.78 is 0. The van der Waals surface area contributed by atoms with Crippen molar-refractivity contribution in [1.82, 2.24) is 9.97 Å². The zero-order chi connectivity index (χ0) is 13.8. The van der Waals surface area contributed by atoms with E-state index in [-0.39, 0.29) is 16.1 Å². The molecule has 0 bridgehead atoms. The molecule has 0 saturated heterocycles. The van der Waals surface area contributed by atoms with E-state index in [0.717, 1.165) is 17.8 Å². The van der Waals surface area contributed by atoms with E-state index in [1.54, 1.807) is 6.07 Å². The lowest BCUT2D eigenvalue weighted by atomic mass is 10.2. The number of nitro groups is 1. The van der Waals surface area contributed by atoms with Crippen molar-refractivity contribution in [3.05, 3.63) is 52.3 Å². The summed E-state index contributed by atoms with van der Waals surface area (Å²) in [5, 5.41) is 20.1. The Morgan fingerprint density at radius 2 is 2.00 bits per heavy atom. The molecule has 0 amide bonds. The van der Waals surface area contributed by atoms with Crippen LogP contribution < -0.4 is 0 Å². The molecule has 0 saturated carbocycles. The fourth-order valence-corrected chi connectivity index (χ4v) is 2.17. The molecule has 2 aromatic rings. The van der Waals surface area contributed by atoms with Crippen LogP contribution in [0, 0.1) is 10.1 Å². The van der Waals surface area contributed by atoms with Gasteiger partial charge in [0, 0.05) is 18.5 Å². The highest BCUT2D eigenvalue weighted by Crippen LogP contribution is 2.33. The van der Waals surface area contributed by atoms with E-state index >= 15 is 0 Å². The van der Waals surface area contributed by atoms with Crippen LogP contribution in [-0.2, 0) is 0 Å². The molecule has 0 unspecified atom stereocenters. The van der Waals surface area contributed by atoms with Crippen molar-refractivity contribution in [2.24, 2.45) is 0 Å². The van der Waals surface area contributed by atoms with Crippen molar-refractivity contribution < 1.29 is 14.8 Å². The van der Waals surface area contributed by atoms with Crippen molar-refractivity contribution in [3.63, 3.8) is 0 Å². The van der Waals surface area contributed by atoms with Gasteiger partial charge in [0.25, 0.3) is 5.69 Å². The molecular weight excluding hydrogens is 270 g/mol. The van der Waals surface area contributed by atoms with Gasteiger partial charge in [-0.05, 0) is 30.0 Å². The topological polar surface area (TPSA) is 106 Å². The third-order valence-corrected chi connectivity index (χ3v) is 3.09. The van der Waals surface area contributed by atoms with Gasteiger partial charge in [-0.3, -0.25) is 10.1 Å². The van der Waals surface area contributed by atoms with Gasteiger partial charge in [0.1, 0.15) is 0 Å². The summed E-state index contributed by atoms with van der Waals surface area (Å²) in [6.45, 7) is 0. The van der Waals surface area contributed by atoms with E-state index in [1.807, 2.05) is 0 Å². The summed E-state index contributed by atoms with van der Waals surface area (Å²) in [4.78, 5) is 29.3. The second-order valence-electron chi connectivity index (χ2n) is 3.38. The largest absolute Gasteiger partial charge is 0.478 e. The lowest BCUT2D eigenvalue weighted by Gasteiger charge is -2.02. The average Bonchev–Trinajstić information content (AvgIpc) is 2.39. The predicted molar refractivity (Wildman–Crippen MR) is 66.2 cm³/mol. The number of carbonyl (C=O) groups is 1. The fourth-order valence-electron chi connectivity index (χ4n) is 1.32. The zero-order valence-electron chi connectivity index (χ0n) is 9.39. The number of rotatable bonds is 4. The number of nitro benzene ring substituents is 1. The van der Waals surface area contributed by atoms with E-state index in [0.29, 0.717) is 5.16 Å².